The van der Waals surface area contributed by atoms with Gasteiger partial charge in [-0.25, -0.2) is 0 Å². The zero-order chi connectivity index (χ0) is 11.1. The maximum Gasteiger partial charge on any atom is 0.179 e. The van der Waals surface area contributed by atoms with Gasteiger partial charge in [-0.1, -0.05) is 6.08 Å². The van der Waals surface area contributed by atoms with Crippen molar-refractivity contribution in [1.29, 1.82) is 0 Å². The van der Waals surface area contributed by atoms with Crippen LogP contribution in [0.25, 0.3) is 0 Å². The van der Waals surface area contributed by atoms with Crippen molar-refractivity contribution in [3.8, 4) is 0 Å². The molecule has 0 saturated carbocycles. The zero-order valence-electron chi connectivity index (χ0n) is 9.44. The second-order valence-corrected chi connectivity index (χ2v) is 4.47. The Hall–Kier alpha value is -1.58. The summed E-state index contributed by atoms with van der Waals surface area (Å²) in [5.74, 6) is 0.0535. The Bertz CT molecular complexity index is 473. The van der Waals surface area contributed by atoms with E-state index >= 15 is 0 Å². The molecule has 4 heteroatoms. The molecule has 0 N–H and O–H groups in total. The topological polar surface area (TPSA) is 38.1 Å². The summed E-state index contributed by atoms with van der Waals surface area (Å²) < 4.78 is 1.99. The zero-order valence-corrected chi connectivity index (χ0v) is 9.44. The summed E-state index contributed by atoms with van der Waals surface area (Å²) >= 11 is 0. The maximum atomic E-state index is 11.3. The van der Waals surface area contributed by atoms with E-state index in [1.807, 2.05) is 10.7 Å². The molecule has 1 aliphatic heterocycles. The lowest BCUT2D eigenvalue weighted by Gasteiger charge is -2.18. The van der Waals surface area contributed by atoms with E-state index in [0.29, 0.717) is 5.69 Å². The van der Waals surface area contributed by atoms with Crippen molar-refractivity contribution in [2.45, 2.75) is 32.9 Å². The monoisotopic (exact) mass is 217 g/mol. The molecule has 0 amide bonds. The standard InChI is InChI=1S/C12H15N3O/c1-9(16)12-7-11-8-14(10-3-4-10)5-2-6-15(11)13-12/h3,7H,2,4-6,8H2,1H3. The molecule has 0 radical (unpaired) electrons. The Morgan fingerprint density at radius 3 is 2.94 bits per heavy atom. The molecule has 0 fully saturated rings. The van der Waals surface area contributed by atoms with Gasteiger partial charge in [-0.05, 0) is 12.5 Å². The van der Waals surface area contributed by atoms with Crippen molar-refractivity contribution in [2.24, 2.45) is 0 Å². The van der Waals surface area contributed by atoms with Crippen LogP contribution in [0.5, 0.6) is 0 Å². The first kappa shape index (κ1) is 9.63. The molecular formula is C12H15N3O. The third-order valence-corrected chi connectivity index (χ3v) is 3.17. The number of hydrogen-bond donors (Lipinski definition) is 0. The number of allylic oxidation sites excluding steroid dienone is 2. The first-order valence-electron chi connectivity index (χ1n) is 5.76. The van der Waals surface area contributed by atoms with E-state index < -0.39 is 0 Å². The summed E-state index contributed by atoms with van der Waals surface area (Å²) in [7, 11) is 0. The van der Waals surface area contributed by atoms with Crippen LogP contribution in [0.4, 0.5) is 0 Å². The second kappa shape index (κ2) is 3.47. The fourth-order valence-electron chi connectivity index (χ4n) is 2.18. The molecule has 84 valence electrons. The van der Waals surface area contributed by atoms with Crippen molar-refractivity contribution < 1.29 is 4.79 Å². The van der Waals surface area contributed by atoms with Crippen LogP contribution in [0.15, 0.2) is 17.8 Å². The molecule has 0 aromatic carbocycles. The van der Waals surface area contributed by atoms with Crippen LogP contribution in [-0.4, -0.2) is 27.0 Å². The lowest BCUT2D eigenvalue weighted by molar-refractivity contribution is 0.101. The lowest BCUT2D eigenvalue weighted by Crippen LogP contribution is -2.18. The van der Waals surface area contributed by atoms with Crippen LogP contribution in [0.3, 0.4) is 0 Å². The van der Waals surface area contributed by atoms with Gasteiger partial charge in [0.15, 0.2) is 5.78 Å². The van der Waals surface area contributed by atoms with Gasteiger partial charge in [-0.2, -0.15) is 5.10 Å². The van der Waals surface area contributed by atoms with Crippen LogP contribution in [0, 0.1) is 0 Å². The van der Waals surface area contributed by atoms with Crippen molar-refractivity contribution >= 4 is 5.78 Å². The van der Waals surface area contributed by atoms with Gasteiger partial charge < -0.3 is 4.90 Å². The highest BCUT2D eigenvalue weighted by Gasteiger charge is 2.22. The van der Waals surface area contributed by atoms with Gasteiger partial charge in [-0.3, -0.25) is 9.48 Å². The van der Waals surface area contributed by atoms with Crippen molar-refractivity contribution in [1.82, 2.24) is 14.7 Å². The molecule has 0 bridgehead atoms. The molecule has 0 atom stereocenters. The van der Waals surface area contributed by atoms with Gasteiger partial charge in [-0.15, -0.1) is 0 Å². The first-order chi connectivity index (χ1) is 7.74. The molecule has 0 unspecified atom stereocenters. The number of ketones is 1. The SMILES string of the molecule is CC(=O)c1cc2n(n1)CCCN(C1=CC1)C2. The molecule has 3 rings (SSSR count). The van der Waals surface area contributed by atoms with Crippen LogP contribution in [-0.2, 0) is 13.1 Å². The number of carbonyl (C=O) groups excluding carboxylic acids is 1. The van der Waals surface area contributed by atoms with Crippen molar-refractivity contribution in [3.63, 3.8) is 0 Å². The quantitative estimate of drug-likeness (QED) is 0.706. The van der Waals surface area contributed by atoms with E-state index in [-0.39, 0.29) is 5.78 Å². The van der Waals surface area contributed by atoms with Crippen LogP contribution < -0.4 is 0 Å². The smallest absolute Gasteiger partial charge is 0.179 e. The number of Topliss-reactive ketones (excluding diaryl/α,β-unsaturated/α-hetero) is 1. The molecule has 1 aliphatic carbocycles. The first-order valence-corrected chi connectivity index (χ1v) is 5.76. The normalized spacial score (nSPS) is 18.8. The molecule has 1 aromatic rings. The highest BCUT2D eigenvalue weighted by molar-refractivity contribution is 5.92. The van der Waals surface area contributed by atoms with Gasteiger partial charge >= 0.3 is 0 Å². The van der Waals surface area contributed by atoms with Crippen LogP contribution in [0.2, 0.25) is 0 Å². The molecule has 16 heavy (non-hydrogen) atoms. The third-order valence-electron chi connectivity index (χ3n) is 3.17. The van der Waals surface area contributed by atoms with Crippen LogP contribution in [0.1, 0.15) is 35.9 Å². The highest BCUT2D eigenvalue weighted by Crippen LogP contribution is 2.27. The largest absolute Gasteiger partial charge is 0.369 e. The number of rotatable bonds is 2. The molecule has 2 heterocycles. The van der Waals surface area contributed by atoms with E-state index in [2.05, 4.69) is 16.1 Å². The summed E-state index contributed by atoms with van der Waals surface area (Å²) in [6.45, 7) is 4.49. The highest BCUT2D eigenvalue weighted by atomic mass is 16.1. The predicted octanol–water partition coefficient (Wildman–Crippen LogP) is 1.58. The fourth-order valence-corrected chi connectivity index (χ4v) is 2.18. The van der Waals surface area contributed by atoms with E-state index in [0.717, 1.165) is 38.2 Å². The number of carbonyl (C=O) groups is 1. The Morgan fingerprint density at radius 2 is 2.25 bits per heavy atom. The van der Waals surface area contributed by atoms with Crippen molar-refractivity contribution in [3.05, 3.63) is 29.2 Å². The molecule has 0 spiro atoms. The summed E-state index contributed by atoms with van der Waals surface area (Å²) in [4.78, 5) is 13.7. The van der Waals surface area contributed by atoms with Crippen molar-refractivity contribution in [2.75, 3.05) is 6.54 Å². The Labute approximate surface area is 94.5 Å². The number of nitrogens with zero attached hydrogens (tertiary/aromatic N) is 3. The molecular weight excluding hydrogens is 202 g/mol. The van der Waals surface area contributed by atoms with Gasteiger partial charge in [0.05, 0.1) is 12.2 Å². The van der Waals surface area contributed by atoms with E-state index in [4.69, 9.17) is 0 Å². The van der Waals surface area contributed by atoms with Gasteiger partial charge in [0.2, 0.25) is 0 Å². The van der Waals surface area contributed by atoms with E-state index in [9.17, 15) is 4.79 Å². The summed E-state index contributed by atoms with van der Waals surface area (Å²) in [6.07, 6.45) is 4.48. The second-order valence-electron chi connectivity index (χ2n) is 4.47. The van der Waals surface area contributed by atoms with Gasteiger partial charge in [0.1, 0.15) is 5.69 Å². The molecule has 2 aliphatic rings. The minimum atomic E-state index is 0.0535. The van der Waals surface area contributed by atoms with Gasteiger partial charge in [0.25, 0.3) is 0 Å². The average Bonchev–Trinajstić information content (AvgIpc) is 3.03. The average molecular weight is 217 g/mol. The van der Waals surface area contributed by atoms with E-state index in [1.54, 1.807) is 6.92 Å². The molecule has 4 nitrogen and oxygen atoms in total. The van der Waals surface area contributed by atoms with Gasteiger partial charge in [0, 0.05) is 32.1 Å². The Kier molecular flexibility index (Phi) is 2.09. The lowest BCUT2D eigenvalue weighted by atomic mass is 10.3. The number of aryl methyl sites for hydroxylation is 1. The summed E-state index contributed by atoms with van der Waals surface area (Å²) in [5, 5.41) is 4.35. The fraction of sp³-hybridized carbons (Fsp3) is 0.500. The van der Waals surface area contributed by atoms with Crippen LogP contribution >= 0.6 is 0 Å². The minimum Gasteiger partial charge on any atom is -0.369 e. The predicted molar refractivity (Wildman–Crippen MR) is 60.0 cm³/mol. The summed E-state index contributed by atoms with van der Waals surface area (Å²) in [5.41, 5.74) is 3.20. The number of hydrogen-bond acceptors (Lipinski definition) is 3. The maximum absolute atomic E-state index is 11.3. The Balaban J connectivity index is 1.89. The van der Waals surface area contributed by atoms with E-state index in [1.165, 1.54) is 5.70 Å². The third kappa shape index (κ3) is 1.64. The summed E-state index contributed by atoms with van der Waals surface area (Å²) in [6, 6.07) is 1.93. The Morgan fingerprint density at radius 1 is 1.44 bits per heavy atom. The minimum absolute atomic E-state index is 0.0535. The molecule has 1 aromatic heterocycles. The number of aromatic nitrogens is 2. The molecule has 0 saturated heterocycles. The number of fused-ring (bicyclic) bond motifs is 1.